The lowest BCUT2D eigenvalue weighted by atomic mass is 11.0. The Morgan fingerprint density at radius 3 is 1.00 bits per heavy atom. The molecule has 0 bridgehead atoms. The van der Waals surface area contributed by atoms with Crippen molar-refractivity contribution in [1.82, 2.24) is 0 Å². The second-order valence-corrected chi connectivity index (χ2v) is 4.24. The van der Waals surface area contributed by atoms with Gasteiger partial charge in [-0.2, -0.15) is 37.0 Å². The van der Waals surface area contributed by atoms with Gasteiger partial charge in [0.2, 0.25) is 0 Å². The molecule has 0 unspecified atom stereocenters. The zero-order valence-corrected chi connectivity index (χ0v) is 12.2. The summed E-state index contributed by atoms with van der Waals surface area (Å²) in [5.74, 6) is 4.41. The third kappa shape index (κ3) is 191. The first-order valence-electron chi connectivity index (χ1n) is 4.54. The molecule has 0 N–H and O–H groups in total. The largest absolute Gasteiger partial charge is 0.180 e. The number of rotatable bonds is 2. The predicted molar refractivity (Wildman–Crippen MR) is 79.0 cm³/mol. The van der Waals surface area contributed by atoms with Crippen molar-refractivity contribution in [2.75, 3.05) is 23.0 Å². The van der Waals surface area contributed by atoms with Crippen molar-refractivity contribution in [2.24, 2.45) is 0 Å². The van der Waals surface area contributed by atoms with Crippen LogP contribution in [0.25, 0.3) is 0 Å². The Morgan fingerprint density at radius 2 is 1.00 bits per heavy atom. The average molecular weight is 243 g/mol. The van der Waals surface area contributed by atoms with Crippen LogP contribution in [0.15, 0.2) is 13.2 Å². The highest BCUT2D eigenvalue weighted by Gasteiger charge is 1.67. The highest BCUT2D eigenvalue weighted by atomic mass is 32.2. The van der Waals surface area contributed by atoms with Crippen LogP contribution >= 0.6 is 37.0 Å². The van der Waals surface area contributed by atoms with Crippen molar-refractivity contribution in [2.45, 2.75) is 27.7 Å². The van der Waals surface area contributed by atoms with Gasteiger partial charge in [0.1, 0.15) is 0 Å². The van der Waals surface area contributed by atoms with E-state index in [4.69, 9.17) is 0 Å². The first-order valence-corrected chi connectivity index (χ1v) is 6.96. The number of hydrogen-bond acceptors (Lipinski definition) is 3. The molecule has 13 heavy (non-hydrogen) atoms. The Balaban J connectivity index is -0.0000000446. The van der Waals surface area contributed by atoms with E-state index in [2.05, 4.69) is 52.3 Å². The molecule has 0 saturated carbocycles. The minimum absolute atomic E-state index is 0.944. The third-order valence-electron chi connectivity index (χ3n) is 0.408. The minimum atomic E-state index is 0.944. The van der Waals surface area contributed by atoms with Crippen molar-refractivity contribution in [3.8, 4) is 0 Å². The summed E-state index contributed by atoms with van der Waals surface area (Å²) < 4.78 is 0. The first-order chi connectivity index (χ1) is 6.24. The Hall–Kier alpha value is 0.790. The zero-order valence-electron chi connectivity index (χ0n) is 9.55. The smallest absolute Gasteiger partial charge is 0.00961 e. The van der Waals surface area contributed by atoms with Crippen molar-refractivity contribution in [3.63, 3.8) is 0 Å². The molecule has 0 aliphatic rings. The fourth-order valence-electron chi connectivity index (χ4n) is 0.204. The first kappa shape index (κ1) is 23.5. The second-order valence-electron chi connectivity index (χ2n) is 1.41. The number of thiol groups is 2. The third-order valence-corrected chi connectivity index (χ3v) is 1.22. The molecule has 84 valence electrons. The molecule has 0 rings (SSSR count). The van der Waals surface area contributed by atoms with Crippen molar-refractivity contribution >= 4 is 37.0 Å². The van der Waals surface area contributed by atoms with Gasteiger partial charge in [-0.3, -0.25) is 0 Å². The van der Waals surface area contributed by atoms with E-state index in [-0.39, 0.29) is 0 Å². The van der Waals surface area contributed by atoms with Crippen LogP contribution in [0.2, 0.25) is 0 Å². The summed E-state index contributed by atoms with van der Waals surface area (Å²) in [7, 11) is 0. The monoisotopic (exact) mass is 242 g/mol. The molecule has 0 nitrogen and oxygen atoms in total. The summed E-state index contributed by atoms with van der Waals surface area (Å²) in [6.45, 7) is 14.3. The highest BCUT2D eigenvalue weighted by molar-refractivity contribution is 7.99. The van der Waals surface area contributed by atoms with Crippen LogP contribution in [-0.4, -0.2) is 23.0 Å². The van der Waals surface area contributed by atoms with E-state index in [0.717, 1.165) is 11.5 Å². The molecule has 0 spiro atoms. The van der Waals surface area contributed by atoms with Gasteiger partial charge in [0.25, 0.3) is 0 Å². The second kappa shape index (κ2) is 53.0. The Bertz CT molecular complexity index is 37.2. The van der Waals surface area contributed by atoms with Gasteiger partial charge in [-0.25, -0.2) is 0 Å². The van der Waals surface area contributed by atoms with Crippen LogP contribution in [0.4, 0.5) is 0 Å². The molecule has 0 atom stereocenters. The van der Waals surface area contributed by atoms with E-state index in [0.29, 0.717) is 0 Å². The standard InChI is InChI=1S/C4H10S.2C2H6S.C2H4/c1-3-5-4-2;2*1-2-3;1-2/h3-4H2,1-2H3;2*3H,2H2,1H3;1-2H2. The van der Waals surface area contributed by atoms with Gasteiger partial charge in [-0.05, 0) is 23.0 Å². The quantitative estimate of drug-likeness (QED) is 0.533. The van der Waals surface area contributed by atoms with Crippen molar-refractivity contribution < 1.29 is 0 Å². The SMILES string of the molecule is C=C.CCS.CCS.CCSCC. The summed E-state index contributed by atoms with van der Waals surface area (Å²) in [6.07, 6.45) is 0. The van der Waals surface area contributed by atoms with E-state index in [9.17, 15) is 0 Å². The molecular formula is C10H26S3. The van der Waals surface area contributed by atoms with Crippen LogP contribution in [0.3, 0.4) is 0 Å². The highest BCUT2D eigenvalue weighted by Crippen LogP contribution is 1.93. The van der Waals surface area contributed by atoms with Gasteiger partial charge in [-0.1, -0.05) is 27.7 Å². The summed E-state index contributed by atoms with van der Waals surface area (Å²) in [5, 5.41) is 0. The normalized spacial score (nSPS) is 6.31. The molecule has 0 radical (unpaired) electrons. The molecular weight excluding hydrogens is 216 g/mol. The molecule has 0 aliphatic carbocycles. The maximum atomic E-state index is 3.79. The van der Waals surface area contributed by atoms with E-state index in [1.165, 1.54) is 11.5 Å². The lowest BCUT2D eigenvalue weighted by Gasteiger charge is -1.80. The van der Waals surface area contributed by atoms with Gasteiger partial charge in [0, 0.05) is 0 Å². The Labute approximate surface area is 101 Å². The molecule has 0 aromatic heterocycles. The molecule has 3 heteroatoms. The summed E-state index contributed by atoms with van der Waals surface area (Å²) in [6, 6.07) is 0. The van der Waals surface area contributed by atoms with Crippen LogP contribution in [-0.2, 0) is 0 Å². The van der Waals surface area contributed by atoms with Crippen LogP contribution in [0.1, 0.15) is 27.7 Å². The molecule has 0 saturated heterocycles. The fourth-order valence-corrected chi connectivity index (χ4v) is 0.612. The predicted octanol–water partition coefficient (Wildman–Crippen LogP) is 4.43. The maximum absolute atomic E-state index is 3.79. The van der Waals surface area contributed by atoms with Crippen LogP contribution < -0.4 is 0 Å². The Kier molecular flexibility index (Phi) is 96.0. The van der Waals surface area contributed by atoms with Crippen LogP contribution in [0.5, 0.6) is 0 Å². The van der Waals surface area contributed by atoms with Gasteiger partial charge >= 0.3 is 0 Å². The topological polar surface area (TPSA) is 0 Å². The van der Waals surface area contributed by atoms with E-state index >= 15 is 0 Å². The van der Waals surface area contributed by atoms with Gasteiger partial charge < -0.3 is 0 Å². The zero-order chi connectivity index (χ0) is 11.5. The van der Waals surface area contributed by atoms with Crippen molar-refractivity contribution in [3.05, 3.63) is 13.2 Å². The Morgan fingerprint density at radius 1 is 0.846 bits per heavy atom. The van der Waals surface area contributed by atoms with E-state index in [1.807, 2.05) is 25.6 Å². The summed E-state index contributed by atoms with van der Waals surface area (Å²) >= 11 is 9.54. The molecule has 0 fully saturated rings. The molecule has 0 aromatic carbocycles. The average Bonchev–Trinajstić information content (AvgIpc) is 2.12. The van der Waals surface area contributed by atoms with Crippen LogP contribution in [0, 0.1) is 0 Å². The maximum Gasteiger partial charge on any atom is -0.00961 e. The van der Waals surface area contributed by atoms with Crippen molar-refractivity contribution in [1.29, 1.82) is 0 Å². The van der Waals surface area contributed by atoms with E-state index in [1.54, 1.807) is 0 Å². The minimum Gasteiger partial charge on any atom is -0.180 e. The van der Waals surface area contributed by atoms with E-state index < -0.39 is 0 Å². The number of hydrogen-bond donors (Lipinski definition) is 2. The fraction of sp³-hybridized carbons (Fsp3) is 0.800. The summed E-state index contributed by atoms with van der Waals surface area (Å²) in [5.41, 5.74) is 0. The molecule has 0 amide bonds. The summed E-state index contributed by atoms with van der Waals surface area (Å²) in [4.78, 5) is 0. The molecule has 0 aliphatic heterocycles. The molecule has 0 aromatic rings. The van der Waals surface area contributed by atoms with Gasteiger partial charge in [0.05, 0.1) is 0 Å². The lowest BCUT2D eigenvalue weighted by Crippen LogP contribution is -1.64. The number of thioether (sulfide) groups is 1. The molecule has 0 heterocycles. The lowest BCUT2D eigenvalue weighted by molar-refractivity contribution is 1.46. The van der Waals surface area contributed by atoms with Gasteiger partial charge in [-0.15, -0.1) is 13.2 Å². The van der Waals surface area contributed by atoms with Gasteiger partial charge in [0.15, 0.2) is 0 Å².